The molecule has 0 saturated carbocycles. The molecule has 1 rings (SSSR count). The maximum Gasteiger partial charge on any atom is 0.411 e. The van der Waals surface area contributed by atoms with Gasteiger partial charge in [0, 0.05) is 7.05 Å². The smallest absolute Gasteiger partial charge is 0.394 e. The van der Waals surface area contributed by atoms with Crippen molar-refractivity contribution < 1.29 is 22.7 Å². The number of alkyl halides is 3. The van der Waals surface area contributed by atoms with Crippen LogP contribution in [0.1, 0.15) is 12.1 Å². The Balaban J connectivity index is 2.40. The molecule has 3 N–H and O–H groups in total. The fraction of sp³-hybridized carbons (Fsp3) is 0.600. The molecule has 0 saturated heterocycles. The molecule has 1 heterocycles. The minimum atomic E-state index is -4.39. The van der Waals surface area contributed by atoms with E-state index in [0.717, 1.165) is 0 Å². The summed E-state index contributed by atoms with van der Waals surface area (Å²) in [7, 11) is 1.60. The first kappa shape index (κ1) is 15.3. The first-order chi connectivity index (χ1) is 8.70. The summed E-state index contributed by atoms with van der Waals surface area (Å²) in [4.78, 5) is 11.5. The van der Waals surface area contributed by atoms with Crippen LogP contribution in [0.3, 0.4) is 0 Å². The number of carbonyl (C=O) groups excluding carboxylic acids is 1. The largest absolute Gasteiger partial charge is 0.411 e. The second-order valence-electron chi connectivity index (χ2n) is 3.94. The van der Waals surface area contributed by atoms with E-state index in [0.29, 0.717) is 17.2 Å². The molecule has 0 fully saturated rings. The maximum absolute atomic E-state index is 11.8. The van der Waals surface area contributed by atoms with Crippen LogP contribution in [-0.4, -0.2) is 35.1 Å². The van der Waals surface area contributed by atoms with Crippen LogP contribution in [0.2, 0.25) is 0 Å². The Kier molecular flexibility index (Phi) is 4.76. The lowest BCUT2D eigenvalue weighted by atomic mass is 10.3. The molecule has 1 aromatic heterocycles. The Labute approximate surface area is 107 Å². The Hall–Kier alpha value is -1.77. The molecule has 1 amide bonds. The molecule has 1 aromatic rings. The first-order valence-electron chi connectivity index (χ1n) is 5.44. The van der Waals surface area contributed by atoms with Gasteiger partial charge in [-0.3, -0.25) is 9.48 Å². The number of hydrogen-bond acceptors (Lipinski definition) is 4. The van der Waals surface area contributed by atoms with Gasteiger partial charge in [-0.2, -0.15) is 18.3 Å². The molecule has 9 heteroatoms. The number of aryl methyl sites for hydroxylation is 2. The maximum atomic E-state index is 11.8. The van der Waals surface area contributed by atoms with Crippen LogP contribution in [0.25, 0.3) is 0 Å². The van der Waals surface area contributed by atoms with Gasteiger partial charge in [0.25, 0.3) is 0 Å². The molecule has 0 aromatic carbocycles. The summed E-state index contributed by atoms with van der Waals surface area (Å²) in [6, 6.07) is 0. The van der Waals surface area contributed by atoms with Gasteiger partial charge in [-0.25, -0.2) is 0 Å². The van der Waals surface area contributed by atoms with E-state index < -0.39 is 18.7 Å². The molecule has 6 nitrogen and oxygen atoms in total. The SMILES string of the molecule is Cc1nn(C)c(NC(=O)CCOCC(F)(F)F)c1N. The van der Waals surface area contributed by atoms with E-state index in [2.05, 4.69) is 15.2 Å². The van der Waals surface area contributed by atoms with Crippen LogP contribution in [0, 0.1) is 6.92 Å². The van der Waals surface area contributed by atoms with Crippen LogP contribution in [0.4, 0.5) is 24.7 Å². The van der Waals surface area contributed by atoms with Gasteiger partial charge in [-0.1, -0.05) is 0 Å². The Morgan fingerprint density at radius 1 is 1.53 bits per heavy atom. The number of rotatable bonds is 5. The van der Waals surface area contributed by atoms with Crippen molar-refractivity contribution in [3.63, 3.8) is 0 Å². The summed E-state index contributed by atoms with van der Waals surface area (Å²) >= 11 is 0. The van der Waals surface area contributed by atoms with Crippen molar-refractivity contribution >= 4 is 17.4 Å². The van der Waals surface area contributed by atoms with E-state index >= 15 is 0 Å². The standard InChI is InChI=1S/C10H15F3N4O2/c1-6-8(14)9(17(2)16-6)15-7(18)3-4-19-5-10(11,12)13/h3-5,14H2,1-2H3,(H,15,18). The lowest BCUT2D eigenvalue weighted by Crippen LogP contribution is -2.21. The molecular weight excluding hydrogens is 265 g/mol. The van der Waals surface area contributed by atoms with E-state index in [4.69, 9.17) is 5.73 Å². The topological polar surface area (TPSA) is 82.2 Å². The Morgan fingerprint density at radius 2 is 2.16 bits per heavy atom. The zero-order chi connectivity index (χ0) is 14.6. The van der Waals surface area contributed by atoms with Crippen molar-refractivity contribution in [2.24, 2.45) is 7.05 Å². The summed E-state index contributed by atoms with van der Waals surface area (Å²) in [5.41, 5.74) is 6.57. The molecule has 19 heavy (non-hydrogen) atoms. The summed E-state index contributed by atoms with van der Waals surface area (Å²) in [5, 5.41) is 6.46. The van der Waals surface area contributed by atoms with E-state index in [9.17, 15) is 18.0 Å². The summed E-state index contributed by atoms with van der Waals surface area (Å²) in [6.07, 6.45) is -4.58. The summed E-state index contributed by atoms with van der Waals surface area (Å²) < 4.78 is 41.1. The highest BCUT2D eigenvalue weighted by Crippen LogP contribution is 2.21. The lowest BCUT2D eigenvalue weighted by molar-refractivity contribution is -0.174. The predicted molar refractivity (Wildman–Crippen MR) is 62.5 cm³/mol. The monoisotopic (exact) mass is 280 g/mol. The van der Waals surface area contributed by atoms with Gasteiger partial charge < -0.3 is 15.8 Å². The van der Waals surface area contributed by atoms with Crippen molar-refractivity contribution in [1.29, 1.82) is 0 Å². The van der Waals surface area contributed by atoms with Crippen LogP contribution in [-0.2, 0) is 16.6 Å². The molecule has 0 aliphatic carbocycles. The highest BCUT2D eigenvalue weighted by atomic mass is 19.4. The average molecular weight is 280 g/mol. The third-order valence-electron chi connectivity index (χ3n) is 2.27. The average Bonchev–Trinajstić information content (AvgIpc) is 2.50. The first-order valence-corrected chi connectivity index (χ1v) is 5.44. The zero-order valence-electron chi connectivity index (χ0n) is 10.5. The van der Waals surface area contributed by atoms with Gasteiger partial charge in [0.15, 0.2) is 5.82 Å². The molecule has 108 valence electrons. The Morgan fingerprint density at radius 3 is 2.63 bits per heavy atom. The molecule has 0 aliphatic rings. The number of hydrogen-bond donors (Lipinski definition) is 2. The van der Waals surface area contributed by atoms with Crippen LogP contribution in [0.15, 0.2) is 0 Å². The van der Waals surface area contributed by atoms with E-state index in [1.807, 2.05) is 0 Å². The molecule has 0 atom stereocenters. The van der Waals surface area contributed by atoms with Crippen LogP contribution < -0.4 is 11.1 Å². The number of anilines is 2. The fourth-order valence-electron chi connectivity index (χ4n) is 1.37. The number of aromatic nitrogens is 2. The van der Waals surface area contributed by atoms with Crippen molar-refractivity contribution in [2.45, 2.75) is 19.5 Å². The van der Waals surface area contributed by atoms with Gasteiger partial charge >= 0.3 is 6.18 Å². The third-order valence-corrected chi connectivity index (χ3v) is 2.27. The van der Waals surface area contributed by atoms with E-state index in [-0.39, 0.29) is 13.0 Å². The minimum absolute atomic E-state index is 0.195. The van der Waals surface area contributed by atoms with E-state index in [1.165, 1.54) is 4.68 Å². The second-order valence-corrected chi connectivity index (χ2v) is 3.94. The van der Waals surface area contributed by atoms with Crippen molar-refractivity contribution in [1.82, 2.24) is 9.78 Å². The number of halogens is 3. The number of nitrogen functional groups attached to an aromatic ring is 1. The van der Waals surface area contributed by atoms with Gasteiger partial charge in [-0.15, -0.1) is 0 Å². The summed E-state index contributed by atoms with van der Waals surface area (Å²) in [5.74, 6) is -0.171. The molecular formula is C10H15F3N4O2. The normalized spacial score (nSPS) is 11.6. The number of ether oxygens (including phenoxy) is 1. The number of amides is 1. The quantitative estimate of drug-likeness (QED) is 0.794. The Bertz CT molecular complexity index is 456. The number of nitrogens with one attached hydrogen (secondary N) is 1. The van der Waals surface area contributed by atoms with Crippen LogP contribution >= 0.6 is 0 Å². The van der Waals surface area contributed by atoms with Gasteiger partial charge in [-0.05, 0) is 6.92 Å². The van der Waals surface area contributed by atoms with E-state index in [1.54, 1.807) is 14.0 Å². The molecule has 0 radical (unpaired) electrons. The van der Waals surface area contributed by atoms with Gasteiger partial charge in [0.2, 0.25) is 5.91 Å². The van der Waals surface area contributed by atoms with Crippen molar-refractivity contribution in [3.8, 4) is 0 Å². The number of carbonyl (C=O) groups is 1. The summed E-state index contributed by atoms with van der Waals surface area (Å²) in [6.45, 7) is -0.00719. The highest BCUT2D eigenvalue weighted by molar-refractivity contribution is 5.93. The second kappa shape index (κ2) is 5.91. The van der Waals surface area contributed by atoms with Crippen molar-refractivity contribution in [3.05, 3.63) is 5.69 Å². The van der Waals surface area contributed by atoms with Crippen LogP contribution in [0.5, 0.6) is 0 Å². The molecule has 0 unspecified atom stereocenters. The number of nitrogens with zero attached hydrogens (tertiary/aromatic N) is 2. The van der Waals surface area contributed by atoms with Crippen molar-refractivity contribution in [2.75, 3.05) is 24.3 Å². The predicted octanol–water partition coefficient (Wildman–Crippen LogP) is 1.22. The molecule has 0 spiro atoms. The van der Waals surface area contributed by atoms with Gasteiger partial charge in [0.1, 0.15) is 6.61 Å². The fourth-order valence-corrected chi connectivity index (χ4v) is 1.37. The lowest BCUT2D eigenvalue weighted by Gasteiger charge is -2.08. The molecule has 0 aliphatic heterocycles. The minimum Gasteiger partial charge on any atom is -0.394 e. The zero-order valence-corrected chi connectivity index (χ0v) is 10.5. The van der Waals surface area contributed by atoms with Gasteiger partial charge in [0.05, 0.1) is 24.4 Å². The highest BCUT2D eigenvalue weighted by Gasteiger charge is 2.27. The third kappa shape index (κ3) is 4.78. The molecule has 0 bridgehead atoms. The number of nitrogens with two attached hydrogens (primary N) is 1.